The molecule has 0 N–H and O–H groups in total. The predicted octanol–water partition coefficient (Wildman–Crippen LogP) is 10.2. The standard InChI is InChI=1S/C47H44BN5O2/c1-32(34-24-26-36(27-25-34)35-17-10-7-11-18-35)49-43(38-21-14-9-15-22-38)50-33(2)39-29-40(31-41(30-39)48-54-46(3,4)47(5,6)55-48)44-51-45-42(23-16-28-53(45)52-44)37-19-12-8-13-20-37/h7-8,10-14,16-31H,2,9,15H2,1,3-6H3. The first-order valence-corrected chi connectivity index (χ1v) is 18.8. The lowest BCUT2D eigenvalue weighted by Crippen LogP contribution is -2.41. The second kappa shape index (κ2) is 14.7. The number of aliphatic imine (C=N–C) groups is 2. The van der Waals surface area contributed by atoms with Crippen molar-refractivity contribution in [2.75, 3.05) is 0 Å². The van der Waals surface area contributed by atoms with E-state index in [4.69, 9.17) is 29.4 Å². The fourth-order valence-electron chi connectivity index (χ4n) is 6.82. The third-order valence-corrected chi connectivity index (χ3v) is 10.7. The van der Waals surface area contributed by atoms with E-state index in [0.29, 0.717) is 17.4 Å². The fourth-order valence-corrected chi connectivity index (χ4v) is 6.82. The highest BCUT2D eigenvalue weighted by Gasteiger charge is 2.51. The van der Waals surface area contributed by atoms with Crippen molar-refractivity contribution in [3.05, 3.63) is 163 Å². The minimum Gasteiger partial charge on any atom is -0.399 e. The lowest BCUT2D eigenvalue weighted by Gasteiger charge is -2.32. The fraction of sp³-hybridized carbons (Fsp3) is 0.191. The number of aromatic nitrogens is 3. The van der Waals surface area contributed by atoms with Gasteiger partial charge in [-0.3, -0.25) is 0 Å². The number of benzene rings is 4. The molecule has 3 heterocycles. The molecule has 1 aliphatic carbocycles. The molecule has 0 unspecified atom stereocenters. The zero-order valence-electron chi connectivity index (χ0n) is 32.0. The van der Waals surface area contributed by atoms with E-state index in [1.54, 1.807) is 0 Å². The van der Waals surface area contributed by atoms with Gasteiger partial charge in [-0.25, -0.2) is 19.5 Å². The van der Waals surface area contributed by atoms with Crippen molar-refractivity contribution >= 4 is 35.5 Å². The molecule has 4 aromatic carbocycles. The Labute approximate surface area is 323 Å². The smallest absolute Gasteiger partial charge is 0.399 e. The van der Waals surface area contributed by atoms with Gasteiger partial charge in [-0.15, -0.1) is 5.10 Å². The van der Waals surface area contributed by atoms with E-state index in [2.05, 4.69) is 119 Å². The van der Waals surface area contributed by atoms with E-state index in [0.717, 1.165) is 68.6 Å². The SMILES string of the molecule is C=C(N=C(N=C(C)c1ccc(-c2ccccc2)cc1)C1=CCCC=C1)c1cc(B2OC(C)(C)C(C)(C)O2)cc(-c2nc3c(-c4ccccc4)cccn3n2)c1. The lowest BCUT2D eigenvalue weighted by atomic mass is 9.77. The molecule has 8 rings (SSSR count). The third-order valence-electron chi connectivity index (χ3n) is 10.7. The summed E-state index contributed by atoms with van der Waals surface area (Å²) in [4.78, 5) is 15.4. The van der Waals surface area contributed by atoms with Crippen molar-refractivity contribution in [1.82, 2.24) is 14.6 Å². The van der Waals surface area contributed by atoms with E-state index in [9.17, 15) is 0 Å². The number of fused-ring (bicyclic) bond motifs is 1. The Morgan fingerprint density at radius 3 is 2.07 bits per heavy atom. The molecule has 0 bridgehead atoms. The van der Waals surface area contributed by atoms with Crippen molar-refractivity contribution < 1.29 is 9.31 Å². The largest absolute Gasteiger partial charge is 0.494 e. The van der Waals surface area contributed by atoms with Crippen LogP contribution in [0.5, 0.6) is 0 Å². The van der Waals surface area contributed by atoms with Gasteiger partial charge in [0.25, 0.3) is 0 Å². The summed E-state index contributed by atoms with van der Waals surface area (Å²) in [7, 11) is -0.611. The molecule has 1 aliphatic heterocycles. The van der Waals surface area contributed by atoms with Gasteiger partial charge in [-0.05, 0) is 98.9 Å². The van der Waals surface area contributed by atoms with Gasteiger partial charge in [0.15, 0.2) is 17.3 Å². The molecule has 0 saturated carbocycles. The third kappa shape index (κ3) is 7.44. The second-order valence-corrected chi connectivity index (χ2v) is 15.1. The highest BCUT2D eigenvalue weighted by Crippen LogP contribution is 2.37. The van der Waals surface area contributed by atoms with Crippen molar-refractivity contribution in [3.63, 3.8) is 0 Å². The Hall–Kier alpha value is -5.96. The monoisotopic (exact) mass is 721 g/mol. The summed E-state index contributed by atoms with van der Waals surface area (Å²) in [5.41, 5.74) is 9.97. The molecule has 0 radical (unpaired) electrons. The average Bonchev–Trinajstić information content (AvgIpc) is 3.75. The maximum Gasteiger partial charge on any atom is 0.494 e. The molecule has 1 saturated heterocycles. The first-order valence-electron chi connectivity index (χ1n) is 18.8. The molecule has 8 heteroatoms. The van der Waals surface area contributed by atoms with Gasteiger partial charge in [0, 0.05) is 28.6 Å². The Bertz CT molecular complexity index is 2500. The van der Waals surface area contributed by atoms with Crippen LogP contribution >= 0.6 is 0 Å². The summed E-state index contributed by atoms with van der Waals surface area (Å²) in [5, 5.41) is 4.95. The molecule has 6 aromatic rings. The van der Waals surface area contributed by atoms with Crippen molar-refractivity contribution in [2.45, 2.75) is 58.7 Å². The summed E-state index contributed by atoms with van der Waals surface area (Å²) in [6, 6.07) is 39.3. The molecule has 7 nitrogen and oxygen atoms in total. The molecule has 55 heavy (non-hydrogen) atoms. The van der Waals surface area contributed by atoms with Crippen LogP contribution in [0.2, 0.25) is 0 Å². The van der Waals surface area contributed by atoms with Crippen LogP contribution in [-0.2, 0) is 9.31 Å². The molecule has 2 aromatic heterocycles. The topological polar surface area (TPSA) is 73.4 Å². The molecule has 2 aliphatic rings. The molecule has 0 amide bonds. The number of pyridine rings is 1. The van der Waals surface area contributed by atoms with E-state index >= 15 is 0 Å². The van der Waals surface area contributed by atoms with Crippen LogP contribution in [-0.4, -0.2) is 44.5 Å². The normalized spacial score (nSPS) is 16.7. The van der Waals surface area contributed by atoms with E-state index in [1.165, 1.54) is 5.56 Å². The Balaban J connectivity index is 1.20. The molecule has 1 fully saturated rings. The summed E-state index contributed by atoms with van der Waals surface area (Å²) in [6.45, 7) is 14.8. The molecule has 0 spiro atoms. The van der Waals surface area contributed by atoms with Gasteiger partial charge in [0.05, 0.1) is 16.9 Å². The molecule has 0 atom stereocenters. The van der Waals surface area contributed by atoms with Crippen LogP contribution in [0.25, 0.3) is 45.0 Å². The van der Waals surface area contributed by atoms with E-state index < -0.39 is 18.3 Å². The summed E-state index contributed by atoms with van der Waals surface area (Å²) in [5.74, 6) is 1.18. The van der Waals surface area contributed by atoms with Gasteiger partial charge in [-0.1, -0.05) is 122 Å². The van der Waals surface area contributed by atoms with Gasteiger partial charge in [-0.2, -0.15) is 0 Å². The maximum atomic E-state index is 6.55. The second-order valence-electron chi connectivity index (χ2n) is 15.1. The van der Waals surface area contributed by atoms with Crippen LogP contribution in [0.3, 0.4) is 0 Å². The molecular formula is C47H44BN5O2. The zero-order chi connectivity index (χ0) is 38.2. The highest BCUT2D eigenvalue weighted by molar-refractivity contribution is 6.62. The predicted molar refractivity (Wildman–Crippen MR) is 227 cm³/mol. The van der Waals surface area contributed by atoms with Crippen LogP contribution < -0.4 is 5.46 Å². The Morgan fingerprint density at radius 1 is 0.727 bits per heavy atom. The minimum absolute atomic E-state index is 0.520. The molecule has 272 valence electrons. The van der Waals surface area contributed by atoms with Crippen LogP contribution in [0.4, 0.5) is 0 Å². The first kappa shape index (κ1) is 36.0. The Morgan fingerprint density at radius 2 is 1.40 bits per heavy atom. The number of amidine groups is 1. The lowest BCUT2D eigenvalue weighted by molar-refractivity contribution is 0.00578. The number of hydrogen-bond acceptors (Lipinski definition) is 5. The van der Waals surface area contributed by atoms with Gasteiger partial charge < -0.3 is 9.31 Å². The van der Waals surface area contributed by atoms with Crippen LogP contribution in [0, 0.1) is 0 Å². The maximum absolute atomic E-state index is 6.55. The summed E-state index contributed by atoms with van der Waals surface area (Å²) >= 11 is 0. The van der Waals surface area contributed by atoms with Crippen molar-refractivity contribution in [3.8, 4) is 33.6 Å². The number of hydrogen-bond donors (Lipinski definition) is 0. The number of rotatable bonds is 8. The summed E-state index contributed by atoms with van der Waals surface area (Å²) in [6.07, 6.45) is 10.3. The van der Waals surface area contributed by atoms with E-state index in [1.807, 2.05) is 66.2 Å². The first-order chi connectivity index (χ1) is 26.5. The van der Waals surface area contributed by atoms with Gasteiger partial charge in [0.1, 0.15) is 0 Å². The number of nitrogens with zero attached hydrogens (tertiary/aromatic N) is 5. The van der Waals surface area contributed by atoms with Crippen molar-refractivity contribution in [1.29, 1.82) is 0 Å². The van der Waals surface area contributed by atoms with Crippen LogP contribution in [0.1, 0.15) is 58.6 Å². The van der Waals surface area contributed by atoms with E-state index in [-0.39, 0.29) is 0 Å². The van der Waals surface area contributed by atoms with Crippen molar-refractivity contribution in [2.24, 2.45) is 9.98 Å². The quantitative estimate of drug-likeness (QED) is 0.0891. The Kier molecular flexibility index (Phi) is 9.63. The summed E-state index contributed by atoms with van der Waals surface area (Å²) < 4.78 is 14.9. The molecular weight excluding hydrogens is 677 g/mol. The zero-order valence-corrected chi connectivity index (χ0v) is 32.0. The number of allylic oxidation sites excluding steroid dienone is 2. The van der Waals surface area contributed by atoms with Gasteiger partial charge in [0.2, 0.25) is 0 Å². The average molecular weight is 722 g/mol. The highest BCUT2D eigenvalue weighted by atomic mass is 16.7. The van der Waals surface area contributed by atoms with Crippen LogP contribution in [0.15, 0.2) is 162 Å². The minimum atomic E-state index is -0.611. The van der Waals surface area contributed by atoms with Gasteiger partial charge >= 0.3 is 7.12 Å².